The van der Waals surface area contributed by atoms with Crippen molar-refractivity contribution >= 4 is 50.7 Å². The number of carbonyl (C=O) groups is 2. The Labute approximate surface area is 209 Å². The highest BCUT2D eigenvalue weighted by Crippen LogP contribution is 2.28. The van der Waals surface area contributed by atoms with E-state index < -0.39 is 18.0 Å². The van der Waals surface area contributed by atoms with Gasteiger partial charge in [0, 0.05) is 10.9 Å². The third kappa shape index (κ3) is 5.01. The van der Waals surface area contributed by atoms with E-state index in [1.807, 2.05) is 54.1 Å². The number of hydrogen-bond acceptors (Lipinski definition) is 7. The van der Waals surface area contributed by atoms with Crippen molar-refractivity contribution in [2.75, 3.05) is 5.32 Å². The summed E-state index contributed by atoms with van der Waals surface area (Å²) in [5.41, 5.74) is 4.74. The first-order valence-corrected chi connectivity index (χ1v) is 12.8. The van der Waals surface area contributed by atoms with Gasteiger partial charge < -0.3 is 9.72 Å². The molecule has 7 nitrogen and oxygen atoms in total. The number of aromatic nitrogens is 3. The zero-order chi connectivity index (χ0) is 24.4. The molecule has 0 spiro atoms. The van der Waals surface area contributed by atoms with Crippen LogP contribution in [-0.4, -0.2) is 32.9 Å². The molecule has 176 valence electrons. The van der Waals surface area contributed by atoms with Crippen molar-refractivity contribution in [2.24, 2.45) is 0 Å². The first-order chi connectivity index (χ1) is 17.0. The van der Waals surface area contributed by atoms with Crippen LogP contribution in [0.15, 0.2) is 65.4 Å². The third-order valence-corrected chi connectivity index (χ3v) is 7.11. The second-order valence-electron chi connectivity index (χ2n) is 7.99. The van der Waals surface area contributed by atoms with E-state index in [0.717, 1.165) is 33.0 Å². The number of thiophene rings is 1. The number of aromatic amines is 1. The highest BCUT2D eigenvalue weighted by molar-refractivity contribution is 7.16. The summed E-state index contributed by atoms with van der Waals surface area (Å²) in [6.07, 6.45) is -0.595. The van der Waals surface area contributed by atoms with Crippen LogP contribution < -0.4 is 5.32 Å². The number of ether oxygens (including phenoxy) is 1. The van der Waals surface area contributed by atoms with Crippen molar-refractivity contribution in [1.82, 2.24) is 15.0 Å². The monoisotopic (exact) mass is 502 g/mol. The molecule has 2 N–H and O–H groups in total. The van der Waals surface area contributed by atoms with Gasteiger partial charge in [-0.05, 0) is 43.0 Å². The van der Waals surface area contributed by atoms with Gasteiger partial charge in [-0.3, -0.25) is 10.1 Å². The summed E-state index contributed by atoms with van der Waals surface area (Å²) in [7, 11) is 0. The maximum absolute atomic E-state index is 12.8. The second kappa shape index (κ2) is 9.81. The van der Waals surface area contributed by atoms with Crippen LogP contribution in [0.5, 0.6) is 0 Å². The van der Waals surface area contributed by atoms with Gasteiger partial charge in [-0.15, -0.1) is 22.7 Å². The number of amides is 1. The Bertz CT molecular complexity index is 1490. The number of esters is 1. The molecular formula is C26H22N4O3S2. The van der Waals surface area contributed by atoms with Gasteiger partial charge in [-0.2, -0.15) is 0 Å². The smallest absolute Gasteiger partial charge is 0.338 e. The molecule has 0 saturated heterocycles. The zero-order valence-electron chi connectivity index (χ0n) is 19.1. The van der Waals surface area contributed by atoms with Crippen LogP contribution in [0.25, 0.3) is 33.0 Å². The number of H-pyrrole nitrogens is 1. The summed E-state index contributed by atoms with van der Waals surface area (Å²) in [5, 5.41) is 7.10. The molecule has 0 aliphatic heterocycles. The van der Waals surface area contributed by atoms with Crippen molar-refractivity contribution < 1.29 is 14.3 Å². The van der Waals surface area contributed by atoms with Crippen molar-refractivity contribution in [2.45, 2.75) is 26.4 Å². The van der Waals surface area contributed by atoms with Crippen molar-refractivity contribution in [1.29, 1.82) is 0 Å². The average Bonchev–Trinajstić information content (AvgIpc) is 3.62. The van der Waals surface area contributed by atoms with Crippen LogP contribution >= 0.6 is 22.7 Å². The minimum absolute atomic E-state index is 0.338. The molecule has 5 rings (SSSR count). The maximum Gasteiger partial charge on any atom is 0.338 e. The number of hydrogen-bond donors (Lipinski definition) is 2. The Hall–Kier alpha value is -3.82. The minimum atomic E-state index is -0.933. The Morgan fingerprint density at radius 2 is 1.91 bits per heavy atom. The lowest BCUT2D eigenvalue weighted by atomic mass is 10.1. The fraction of sp³-hybridized carbons (Fsp3) is 0.154. The number of anilines is 1. The quantitative estimate of drug-likeness (QED) is 0.255. The number of thiazole rings is 1. The summed E-state index contributed by atoms with van der Waals surface area (Å²) >= 11 is 2.92. The van der Waals surface area contributed by atoms with Gasteiger partial charge in [0.2, 0.25) is 0 Å². The normalized spacial score (nSPS) is 11.9. The molecule has 2 aromatic carbocycles. The van der Waals surface area contributed by atoms with Crippen molar-refractivity contribution in [3.05, 3.63) is 76.5 Å². The number of rotatable bonds is 7. The van der Waals surface area contributed by atoms with Gasteiger partial charge in [0.1, 0.15) is 5.82 Å². The van der Waals surface area contributed by atoms with E-state index in [4.69, 9.17) is 4.74 Å². The van der Waals surface area contributed by atoms with Crippen molar-refractivity contribution in [3.8, 4) is 22.0 Å². The number of aryl methyl sites for hydroxylation is 1. The predicted octanol–water partition coefficient (Wildman–Crippen LogP) is 6.30. The summed E-state index contributed by atoms with van der Waals surface area (Å²) in [6.45, 7) is 3.83. The van der Waals surface area contributed by atoms with E-state index in [-0.39, 0.29) is 0 Å². The number of carbonyl (C=O) groups excluding carboxylic acids is 2. The van der Waals surface area contributed by atoms with Crippen LogP contribution in [0.3, 0.4) is 0 Å². The van der Waals surface area contributed by atoms with Gasteiger partial charge in [-0.25, -0.2) is 14.8 Å². The highest BCUT2D eigenvalue weighted by Gasteiger charge is 2.23. The van der Waals surface area contributed by atoms with Gasteiger partial charge in [0.05, 0.1) is 27.2 Å². The lowest BCUT2D eigenvalue weighted by Gasteiger charge is -2.15. The van der Waals surface area contributed by atoms with Gasteiger partial charge >= 0.3 is 5.97 Å². The van der Waals surface area contributed by atoms with Gasteiger partial charge in [0.15, 0.2) is 11.2 Å². The van der Waals surface area contributed by atoms with E-state index in [1.165, 1.54) is 16.9 Å². The first kappa shape index (κ1) is 22.9. The fourth-order valence-electron chi connectivity index (χ4n) is 3.56. The topological polar surface area (TPSA) is 97.0 Å². The molecule has 0 aliphatic carbocycles. The summed E-state index contributed by atoms with van der Waals surface area (Å²) in [5.74, 6) is -0.252. The molecule has 5 aromatic rings. The Balaban J connectivity index is 1.27. The molecular weight excluding hydrogens is 480 g/mol. The van der Waals surface area contributed by atoms with E-state index >= 15 is 0 Å². The molecule has 1 atom stereocenters. The van der Waals surface area contributed by atoms with Crippen LogP contribution in [0.4, 0.5) is 5.13 Å². The summed E-state index contributed by atoms with van der Waals surface area (Å²) in [4.78, 5) is 39.0. The van der Waals surface area contributed by atoms with Crippen LogP contribution in [0.1, 0.15) is 29.3 Å². The minimum Gasteiger partial charge on any atom is -0.449 e. The fourth-order valence-corrected chi connectivity index (χ4v) is 5.03. The number of fused-ring (bicyclic) bond motifs is 1. The summed E-state index contributed by atoms with van der Waals surface area (Å²) < 4.78 is 5.55. The van der Waals surface area contributed by atoms with E-state index in [9.17, 15) is 9.59 Å². The average molecular weight is 503 g/mol. The SMILES string of the molecule is CCC(OC(=O)c1ccc2nc(-c3ccc(C)cc3)[nH]c2c1)C(=O)Nc1nc(-c2cccs2)cs1. The molecule has 35 heavy (non-hydrogen) atoms. The standard InChI is InChI=1S/C26H22N4O3S2/c1-3-21(24(31)30-26-29-20(14-35-26)22-5-4-12-34-22)33-25(32)17-10-11-18-19(13-17)28-23(27-18)16-8-6-15(2)7-9-16/h4-14,21H,3H2,1-2H3,(H,27,28)(H,29,30,31). The van der Waals surface area contributed by atoms with Crippen LogP contribution in [-0.2, 0) is 9.53 Å². The molecule has 0 fully saturated rings. The molecule has 0 saturated carbocycles. The molecule has 9 heteroatoms. The number of nitrogens with zero attached hydrogens (tertiary/aromatic N) is 2. The molecule has 1 amide bonds. The maximum atomic E-state index is 12.8. The van der Waals surface area contributed by atoms with E-state index in [1.54, 1.807) is 36.5 Å². The van der Waals surface area contributed by atoms with Crippen molar-refractivity contribution in [3.63, 3.8) is 0 Å². The summed E-state index contributed by atoms with van der Waals surface area (Å²) in [6, 6.07) is 17.1. The third-order valence-electron chi connectivity index (χ3n) is 5.46. The van der Waals surface area contributed by atoms with Gasteiger partial charge in [0.25, 0.3) is 5.91 Å². The predicted molar refractivity (Wildman–Crippen MR) is 140 cm³/mol. The molecule has 3 aromatic heterocycles. The number of imidazole rings is 1. The van der Waals surface area contributed by atoms with E-state index in [2.05, 4.69) is 20.3 Å². The molecule has 0 aliphatic rings. The molecule has 1 unspecified atom stereocenters. The van der Waals surface area contributed by atoms with Gasteiger partial charge in [-0.1, -0.05) is 42.8 Å². The lowest BCUT2D eigenvalue weighted by Crippen LogP contribution is -2.32. The largest absolute Gasteiger partial charge is 0.449 e. The molecule has 0 radical (unpaired) electrons. The Morgan fingerprint density at radius 3 is 2.66 bits per heavy atom. The highest BCUT2D eigenvalue weighted by atomic mass is 32.1. The lowest BCUT2D eigenvalue weighted by molar-refractivity contribution is -0.124. The second-order valence-corrected chi connectivity index (χ2v) is 9.80. The van der Waals surface area contributed by atoms with Crippen LogP contribution in [0.2, 0.25) is 0 Å². The molecule has 0 bridgehead atoms. The Morgan fingerprint density at radius 1 is 1.09 bits per heavy atom. The van der Waals surface area contributed by atoms with E-state index in [0.29, 0.717) is 17.1 Å². The molecule has 3 heterocycles. The number of benzene rings is 2. The van der Waals surface area contributed by atoms with Crippen LogP contribution in [0, 0.1) is 6.92 Å². The number of nitrogens with one attached hydrogen (secondary N) is 2. The zero-order valence-corrected chi connectivity index (χ0v) is 20.7. The first-order valence-electron chi connectivity index (χ1n) is 11.1. The Kier molecular flexibility index (Phi) is 6.43.